The Bertz CT molecular complexity index is 802. The molecule has 0 aliphatic heterocycles. The van der Waals surface area contributed by atoms with Gasteiger partial charge in [-0.15, -0.1) is 0 Å². The molecular formula is C16H11BrClNO. The third kappa shape index (κ3) is 2.39. The Kier molecular flexibility index (Phi) is 3.40. The van der Waals surface area contributed by atoms with Crippen molar-refractivity contribution in [3.05, 3.63) is 68.8 Å². The number of aryl methyl sites for hydroxylation is 1. The summed E-state index contributed by atoms with van der Waals surface area (Å²) < 4.78 is 0.945. The van der Waals surface area contributed by atoms with Crippen LogP contribution in [0.25, 0.3) is 10.9 Å². The highest BCUT2D eigenvalue weighted by atomic mass is 79.9. The fraction of sp³-hybridized carbons (Fsp3) is 0.0625. The number of carbonyl (C=O) groups excluding carboxylic acids is 1. The van der Waals surface area contributed by atoms with Crippen molar-refractivity contribution >= 4 is 44.2 Å². The molecule has 20 heavy (non-hydrogen) atoms. The Morgan fingerprint density at radius 2 is 2.00 bits per heavy atom. The van der Waals surface area contributed by atoms with E-state index in [1.807, 2.05) is 37.3 Å². The van der Waals surface area contributed by atoms with Crippen LogP contribution in [0, 0.1) is 6.92 Å². The first kappa shape index (κ1) is 13.4. The van der Waals surface area contributed by atoms with Crippen LogP contribution in [0.4, 0.5) is 0 Å². The zero-order chi connectivity index (χ0) is 14.3. The average Bonchev–Trinajstić information content (AvgIpc) is 2.79. The van der Waals surface area contributed by atoms with E-state index in [2.05, 4.69) is 20.9 Å². The topological polar surface area (TPSA) is 32.9 Å². The number of rotatable bonds is 2. The van der Waals surface area contributed by atoms with Gasteiger partial charge in [0, 0.05) is 37.7 Å². The number of aromatic nitrogens is 1. The van der Waals surface area contributed by atoms with Crippen LogP contribution in [0.5, 0.6) is 0 Å². The summed E-state index contributed by atoms with van der Waals surface area (Å²) in [6.07, 6.45) is 1.75. The summed E-state index contributed by atoms with van der Waals surface area (Å²) in [7, 11) is 0. The van der Waals surface area contributed by atoms with Crippen molar-refractivity contribution in [2.24, 2.45) is 0 Å². The molecule has 0 aliphatic carbocycles. The molecule has 3 aromatic rings. The van der Waals surface area contributed by atoms with Crippen LogP contribution in [0.15, 0.2) is 47.1 Å². The van der Waals surface area contributed by atoms with Gasteiger partial charge in [-0.2, -0.15) is 0 Å². The summed E-state index contributed by atoms with van der Waals surface area (Å²) in [6, 6.07) is 11.2. The van der Waals surface area contributed by atoms with E-state index >= 15 is 0 Å². The Morgan fingerprint density at radius 3 is 2.75 bits per heavy atom. The molecule has 0 spiro atoms. The van der Waals surface area contributed by atoms with Gasteiger partial charge in [-0.3, -0.25) is 4.79 Å². The minimum atomic E-state index is -0.0278. The first-order chi connectivity index (χ1) is 9.54. The average molecular weight is 349 g/mol. The lowest BCUT2D eigenvalue weighted by Gasteiger charge is -2.03. The van der Waals surface area contributed by atoms with Gasteiger partial charge in [0.25, 0.3) is 0 Å². The van der Waals surface area contributed by atoms with Crippen LogP contribution in [0.3, 0.4) is 0 Å². The highest BCUT2D eigenvalue weighted by Crippen LogP contribution is 2.26. The van der Waals surface area contributed by atoms with Crippen LogP contribution in [-0.2, 0) is 0 Å². The van der Waals surface area contributed by atoms with Gasteiger partial charge in [0.2, 0.25) is 0 Å². The lowest BCUT2D eigenvalue weighted by Crippen LogP contribution is -2.00. The van der Waals surface area contributed by atoms with E-state index < -0.39 is 0 Å². The second-order valence-corrected chi connectivity index (χ2v) is 6.09. The van der Waals surface area contributed by atoms with Crippen LogP contribution < -0.4 is 0 Å². The van der Waals surface area contributed by atoms with Gasteiger partial charge >= 0.3 is 0 Å². The molecule has 1 N–H and O–H groups in total. The Labute approximate surface area is 129 Å². The predicted octanol–water partition coefficient (Wildman–Crippen LogP) is 5.12. The van der Waals surface area contributed by atoms with E-state index in [0.29, 0.717) is 16.1 Å². The third-order valence-electron chi connectivity index (χ3n) is 3.19. The Hall–Kier alpha value is -1.58. The molecule has 0 fully saturated rings. The van der Waals surface area contributed by atoms with Gasteiger partial charge in [0.05, 0.1) is 0 Å². The zero-order valence-corrected chi connectivity index (χ0v) is 13.0. The standard InChI is InChI=1S/C16H11BrClNO/c1-9-4-10(6-12(18)5-9)16(20)14-8-19-15-3-2-11(17)7-13(14)15/h2-8,19H,1H3. The molecule has 4 heteroatoms. The maximum absolute atomic E-state index is 12.6. The Balaban J connectivity index is 2.15. The molecule has 2 nitrogen and oxygen atoms in total. The number of H-pyrrole nitrogens is 1. The first-order valence-corrected chi connectivity index (χ1v) is 7.30. The van der Waals surface area contributed by atoms with Crippen molar-refractivity contribution < 1.29 is 4.79 Å². The van der Waals surface area contributed by atoms with E-state index in [1.165, 1.54) is 0 Å². The minimum absolute atomic E-state index is 0.0278. The number of hydrogen-bond acceptors (Lipinski definition) is 1. The number of nitrogens with one attached hydrogen (secondary N) is 1. The molecule has 1 aromatic heterocycles. The summed E-state index contributed by atoms with van der Waals surface area (Å²) in [5.41, 5.74) is 3.18. The van der Waals surface area contributed by atoms with E-state index in [9.17, 15) is 4.79 Å². The van der Waals surface area contributed by atoms with Crippen molar-refractivity contribution in [2.75, 3.05) is 0 Å². The molecule has 0 radical (unpaired) electrons. The minimum Gasteiger partial charge on any atom is -0.360 e. The molecule has 0 unspecified atom stereocenters. The van der Waals surface area contributed by atoms with Gasteiger partial charge in [0.15, 0.2) is 5.78 Å². The molecule has 1 heterocycles. The van der Waals surface area contributed by atoms with Gasteiger partial charge in [-0.25, -0.2) is 0 Å². The number of benzene rings is 2. The summed E-state index contributed by atoms with van der Waals surface area (Å²) in [4.78, 5) is 15.8. The molecule has 3 rings (SSSR count). The van der Waals surface area contributed by atoms with Crippen molar-refractivity contribution in [2.45, 2.75) is 6.92 Å². The quantitative estimate of drug-likeness (QED) is 0.640. The zero-order valence-electron chi connectivity index (χ0n) is 10.7. The van der Waals surface area contributed by atoms with Crippen LogP contribution >= 0.6 is 27.5 Å². The number of fused-ring (bicyclic) bond motifs is 1. The van der Waals surface area contributed by atoms with Gasteiger partial charge in [0.1, 0.15) is 0 Å². The van der Waals surface area contributed by atoms with Gasteiger partial charge < -0.3 is 4.98 Å². The smallest absolute Gasteiger partial charge is 0.195 e. The Morgan fingerprint density at radius 1 is 1.20 bits per heavy atom. The lowest BCUT2D eigenvalue weighted by molar-refractivity contribution is 0.104. The second kappa shape index (κ2) is 5.08. The van der Waals surface area contributed by atoms with Crippen molar-refractivity contribution in [3.63, 3.8) is 0 Å². The predicted molar refractivity (Wildman–Crippen MR) is 85.6 cm³/mol. The number of hydrogen-bond donors (Lipinski definition) is 1. The molecule has 0 amide bonds. The third-order valence-corrected chi connectivity index (χ3v) is 3.90. The molecule has 100 valence electrons. The summed E-state index contributed by atoms with van der Waals surface area (Å²) >= 11 is 9.47. The van der Waals surface area contributed by atoms with E-state index in [1.54, 1.807) is 12.3 Å². The molecule has 0 bridgehead atoms. The fourth-order valence-electron chi connectivity index (χ4n) is 2.30. The largest absolute Gasteiger partial charge is 0.360 e. The van der Waals surface area contributed by atoms with Crippen molar-refractivity contribution in [1.29, 1.82) is 0 Å². The van der Waals surface area contributed by atoms with E-state index in [4.69, 9.17) is 11.6 Å². The SMILES string of the molecule is Cc1cc(Cl)cc(C(=O)c2c[nH]c3ccc(Br)cc23)c1. The molecule has 0 saturated carbocycles. The van der Waals surface area contributed by atoms with Crippen LogP contribution in [-0.4, -0.2) is 10.8 Å². The number of carbonyl (C=O) groups is 1. The molecule has 2 aromatic carbocycles. The number of aromatic amines is 1. The van der Waals surface area contributed by atoms with E-state index in [0.717, 1.165) is 20.9 Å². The molecule has 0 aliphatic rings. The molecule has 0 saturated heterocycles. The maximum atomic E-state index is 12.6. The highest BCUT2D eigenvalue weighted by Gasteiger charge is 2.15. The van der Waals surface area contributed by atoms with Gasteiger partial charge in [-0.05, 0) is 48.9 Å². The lowest BCUT2D eigenvalue weighted by atomic mass is 10.0. The van der Waals surface area contributed by atoms with Gasteiger partial charge in [-0.1, -0.05) is 27.5 Å². The molecular weight excluding hydrogens is 338 g/mol. The van der Waals surface area contributed by atoms with Crippen LogP contribution in [0.2, 0.25) is 5.02 Å². The fourth-order valence-corrected chi connectivity index (χ4v) is 2.95. The summed E-state index contributed by atoms with van der Waals surface area (Å²) in [5, 5.41) is 1.48. The summed E-state index contributed by atoms with van der Waals surface area (Å²) in [6.45, 7) is 1.93. The maximum Gasteiger partial charge on any atom is 0.195 e. The van der Waals surface area contributed by atoms with Crippen LogP contribution in [0.1, 0.15) is 21.5 Å². The van der Waals surface area contributed by atoms with Crippen molar-refractivity contribution in [1.82, 2.24) is 4.98 Å². The normalized spacial score (nSPS) is 10.9. The molecule has 0 atom stereocenters. The van der Waals surface area contributed by atoms with Crippen molar-refractivity contribution in [3.8, 4) is 0 Å². The number of ketones is 1. The van der Waals surface area contributed by atoms with E-state index in [-0.39, 0.29) is 5.78 Å². The number of halogens is 2. The first-order valence-electron chi connectivity index (χ1n) is 6.13. The highest BCUT2D eigenvalue weighted by molar-refractivity contribution is 9.10. The summed E-state index contributed by atoms with van der Waals surface area (Å²) in [5.74, 6) is -0.0278. The second-order valence-electron chi connectivity index (χ2n) is 4.74. The monoisotopic (exact) mass is 347 g/mol.